The van der Waals surface area contributed by atoms with E-state index in [1.165, 1.54) is 0 Å². The van der Waals surface area contributed by atoms with Crippen molar-refractivity contribution in [1.82, 2.24) is 10.1 Å². The minimum atomic E-state index is -0.131. The summed E-state index contributed by atoms with van der Waals surface area (Å²) in [5.41, 5.74) is 2.16. The van der Waals surface area contributed by atoms with Gasteiger partial charge in [0.2, 0.25) is 6.79 Å². The second kappa shape index (κ2) is 6.87. The van der Waals surface area contributed by atoms with Gasteiger partial charge in [0.25, 0.3) is 5.91 Å². The average molecular weight is 397 g/mol. The summed E-state index contributed by atoms with van der Waals surface area (Å²) in [4.78, 5) is 14.9. The molecule has 1 atom stereocenters. The molecule has 2 aliphatic heterocycles. The Balaban J connectivity index is 1.39. The fourth-order valence-electron chi connectivity index (χ4n) is 3.75. The first-order chi connectivity index (χ1) is 13.7. The first-order valence-corrected chi connectivity index (χ1v) is 9.50. The zero-order valence-electron chi connectivity index (χ0n) is 14.9. The number of carbonyl (C=O) groups excluding carboxylic acids is 1. The van der Waals surface area contributed by atoms with Gasteiger partial charge in [0.15, 0.2) is 23.0 Å². The van der Waals surface area contributed by atoms with Gasteiger partial charge in [-0.2, -0.15) is 0 Å². The van der Waals surface area contributed by atoms with Gasteiger partial charge in [-0.1, -0.05) is 28.9 Å². The molecule has 1 amide bonds. The first-order valence-electron chi connectivity index (χ1n) is 9.12. The van der Waals surface area contributed by atoms with Crippen LogP contribution >= 0.6 is 11.6 Å². The van der Waals surface area contributed by atoms with E-state index in [2.05, 4.69) is 5.16 Å². The first kappa shape index (κ1) is 17.1. The van der Waals surface area contributed by atoms with Gasteiger partial charge in [0.1, 0.15) is 0 Å². The molecule has 1 fully saturated rings. The number of hydrogen-bond donors (Lipinski definition) is 0. The zero-order valence-corrected chi connectivity index (χ0v) is 15.7. The maximum atomic E-state index is 13.1. The van der Waals surface area contributed by atoms with Crippen molar-refractivity contribution in [2.45, 2.75) is 18.9 Å². The van der Waals surface area contributed by atoms with Crippen molar-refractivity contribution in [3.63, 3.8) is 0 Å². The lowest BCUT2D eigenvalue weighted by molar-refractivity contribution is 0.0725. The summed E-state index contributed by atoms with van der Waals surface area (Å²) in [7, 11) is 0. The van der Waals surface area contributed by atoms with Gasteiger partial charge in [0.05, 0.1) is 6.04 Å². The number of aromatic nitrogens is 1. The fourth-order valence-corrected chi connectivity index (χ4v) is 3.88. The molecule has 5 rings (SSSR count). The number of carbonyl (C=O) groups is 1. The van der Waals surface area contributed by atoms with Crippen LogP contribution in [0.3, 0.4) is 0 Å². The summed E-state index contributed by atoms with van der Waals surface area (Å²) in [5, 5.41) is 4.70. The smallest absolute Gasteiger partial charge is 0.276 e. The molecule has 0 unspecified atom stereocenters. The quantitative estimate of drug-likeness (QED) is 0.642. The second-order valence-corrected chi connectivity index (χ2v) is 7.29. The maximum absolute atomic E-state index is 13.1. The second-order valence-electron chi connectivity index (χ2n) is 6.85. The lowest BCUT2D eigenvalue weighted by Crippen LogP contribution is -2.30. The van der Waals surface area contributed by atoms with Gasteiger partial charge in [-0.15, -0.1) is 0 Å². The van der Waals surface area contributed by atoms with E-state index < -0.39 is 0 Å². The molecule has 6 nitrogen and oxygen atoms in total. The lowest BCUT2D eigenvalue weighted by atomic mass is 10.0. The normalized spacial score (nSPS) is 17.9. The predicted octanol–water partition coefficient (Wildman–Crippen LogP) is 4.70. The molecule has 0 bridgehead atoms. The number of rotatable bonds is 3. The van der Waals surface area contributed by atoms with Crippen molar-refractivity contribution in [3.05, 3.63) is 64.8 Å². The third kappa shape index (κ3) is 2.99. The SMILES string of the molecule is O=C(c1cc(-c2ccc3c(c2)OCO3)on1)N1CCC[C@H]1c1ccc(Cl)cc1. The number of ether oxygens (including phenoxy) is 2. The summed E-state index contributed by atoms with van der Waals surface area (Å²) in [6.45, 7) is 0.901. The number of hydrogen-bond acceptors (Lipinski definition) is 5. The highest BCUT2D eigenvalue weighted by atomic mass is 35.5. The van der Waals surface area contributed by atoms with E-state index in [1.807, 2.05) is 47.4 Å². The topological polar surface area (TPSA) is 64.8 Å². The van der Waals surface area contributed by atoms with Crippen molar-refractivity contribution in [2.75, 3.05) is 13.3 Å². The molecule has 2 aliphatic rings. The molecule has 0 saturated carbocycles. The van der Waals surface area contributed by atoms with Crippen LogP contribution in [0.25, 0.3) is 11.3 Å². The summed E-state index contributed by atoms with van der Waals surface area (Å²) >= 11 is 5.99. The molecule has 0 aliphatic carbocycles. The molecule has 3 aromatic rings. The molecule has 3 heterocycles. The number of halogens is 1. The number of amides is 1. The Hall–Kier alpha value is -2.99. The number of nitrogens with zero attached hydrogens (tertiary/aromatic N) is 2. The number of likely N-dealkylation sites (tertiary alicyclic amines) is 1. The zero-order chi connectivity index (χ0) is 19.1. The van der Waals surface area contributed by atoms with E-state index in [-0.39, 0.29) is 18.7 Å². The average Bonchev–Trinajstić information content (AvgIpc) is 3.47. The highest BCUT2D eigenvalue weighted by Crippen LogP contribution is 2.37. The van der Waals surface area contributed by atoms with Crippen molar-refractivity contribution < 1.29 is 18.8 Å². The van der Waals surface area contributed by atoms with Crippen LogP contribution in [-0.2, 0) is 0 Å². The van der Waals surface area contributed by atoms with Crippen molar-refractivity contribution in [2.24, 2.45) is 0 Å². The van der Waals surface area contributed by atoms with Crippen LogP contribution in [0.5, 0.6) is 11.5 Å². The molecular weight excluding hydrogens is 380 g/mol. The monoisotopic (exact) mass is 396 g/mol. The minimum absolute atomic E-state index is 0.0236. The van der Waals surface area contributed by atoms with Crippen molar-refractivity contribution in [1.29, 1.82) is 0 Å². The van der Waals surface area contributed by atoms with Crippen molar-refractivity contribution in [3.8, 4) is 22.8 Å². The van der Waals surface area contributed by atoms with E-state index in [0.717, 1.165) is 24.0 Å². The van der Waals surface area contributed by atoms with Crippen LogP contribution in [0, 0.1) is 0 Å². The van der Waals surface area contributed by atoms with Gasteiger partial charge >= 0.3 is 0 Å². The highest BCUT2D eigenvalue weighted by molar-refractivity contribution is 6.30. The Morgan fingerprint density at radius 3 is 2.75 bits per heavy atom. The van der Waals surface area contributed by atoms with E-state index in [4.69, 9.17) is 25.6 Å². The number of benzene rings is 2. The molecule has 142 valence electrons. The summed E-state index contributed by atoms with van der Waals surface area (Å²) in [6.07, 6.45) is 1.87. The van der Waals surface area contributed by atoms with Crippen molar-refractivity contribution >= 4 is 17.5 Å². The minimum Gasteiger partial charge on any atom is -0.454 e. The van der Waals surface area contributed by atoms with Crippen LogP contribution in [0.1, 0.15) is 34.9 Å². The molecule has 0 N–H and O–H groups in total. The van der Waals surface area contributed by atoms with Gasteiger partial charge in [0, 0.05) is 23.2 Å². The van der Waals surface area contributed by atoms with Gasteiger partial charge in [-0.05, 0) is 48.7 Å². The van der Waals surface area contributed by atoms with Crippen LogP contribution in [-0.4, -0.2) is 29.3 Å². The van der Waals surface area contributed by atoms with E-state index >= 15 is 0 Å². The highest BCUT2D eigenvalue weighted by Gasteiger charge is 2.32. The third-order valence-corrected chi connectivity index (χ3v) is 5.41. The summed E-state index contributed by atoms with van der Waals surface area (Å²) in [5.74, 6) is 1.74. The Labute approximate surface area is 166 Å². The van der Waals surface area contributed by atoms with Gasteiger partial charge in [-0.25, -0.2) is 0 Å². The van der Waals surface area contributed by atoms with E-state index in [1.54, 1.807) is 6.07 Å². The molecule has 0 spiro atoms. The van der Waals surface area contributed by atoms with E-state index in [9.17, 15) is 4.79 Å². The molecule has 28 heavy (non-hydrogen) atoms. The maximum Gasteiger partial charge on any atom is 0.276 e. The van der Waals surface area contributed by atoms with Gasteiger partial charge in [-0.3, -0.25) is 4.79 Å². The third-order valence-electron chi connectivity index (χ3n) is 5.15. The standard InChI is InChI=1S/C21H17ClN2O4/c22-15-6-3-13(4-7-15)17-2-1-9-24(17)21(25)16-11-19(28-23-16)14-5-8-18-20(10-14)27-12-26-18/h3-8,10-11,17H,1-2,9,12H2/t17-/m0/s1. The predicted molar refractivity (Wildman–Crippen MR) is 103 cm³/mol. The largest absolute Gasteiger partial charge is 0.454 e. The Bertz CT molecular complexity index is 1030. The van der Waals surface area contributed by atoms with Crippen LogP contribution < -0.4 is 9.47 Å². The van der Waals surface area contributed by atoms with E-state index in [0.29, 0.717) is 34.5 Å². The Kier molecular flexibility index (Phi) is 4.20. The Morgan fingerprint density at radius 2 is 1.89 bits per heavy atom. The van der Waals surface area contributed by atoms with Crippen LogP contribution in [0.4, 0.5) is 0 Å². The Morgan fingerprint density at radius 1 is 1.07 bits per heavy atom. The lowest BCUT2D eigenvalue weighted by Gasteiger charge is -2.24. The fraction of sp³-hybridized carbons (Fsp3) is 0.238. The van der Waals surface area contributed by atoms with Crippen LogP contribution in [0.15, 0.2) is 53.1 Å². The number of fused-ring (bicyclic) bond motifs is 1. The molecule has 1 saturated heterocycles. The summed E-state index contributed by atoms with van der Waals surface area (Å²) in [6, 6.07) is 14.8. The summed E-state index contributed by atoms with van der Waals surface area (Å²) < 4.78 is 16.2. The molecule has 2 aromatic carbocycles. The molecule has 7 heteroatoms. The molecule has 0 radical (unpaired) electrons. The van der Waals surface area contributed by atoms with Crippen LogP contribution in [0.2, 0.25) is 5.02 Å². The molecular formula is C21H17ClN2O4. The van der Waals surface area contributed by atoms with Gasteiger partial charge < -0.3 is 18.9 Å². The molecule has 1 aromatic heterocycles.